The first-order valence-electron chi connectivity index (χ1n) is 10.7. The van der Waals surface area contributed by atoms with Crippen molar-refractivity contribution in [2.45, 2.75) is 32.7 Å². The molecule has 2 amide bonds. The van der Waals surface area contributed by atoms with Crippen molar-refractivity contribution < 1.29 is 9.18 Å². The summed E-state index contributed by atoms with van der Waals surface area (Å²) in [5, 5.41) is 0. The van der Waals surface area contributed by atoms with Gasteiger partial charge in [-0.2, -0.15) is 0 Å². The molecule has 1 aromatic heterocycles. The van der Waals surface area contributed by atoms with E-state index in [1.54, 1.807) is 31.1 Å². The van der Waals surface area contributed by atoms with Crippen molar-refractivity contribution in [2.75, 3.05) is 38.6 Å². The molecule has 2 aliphatic heterocycles. The largest absolute Gasteiger partial charge is 0.356 e. The lowest BCUT2D eigenvalue weighted by molar-refractivity contribution is 0.159. The number of anilines is 1. The van der Waals surface area contributed by atoms with Gasteiger partial charge in [0, 0.05) is 57.3 Å². The maximum absolute atomic E-state index is 14.0. The lowest BCUT2D eigenvalue weighted by Crippen LogP contribution is -2.41. The lowest BCUT2D eigenvalue weighted by Gasteiger charge is -2.32. The second-order valence-corrected chi connectivity index (χ2v) is 8.67. The van der Waals surface area contributed by atoms with Crippen LogP contribution < -0.4 is 4.90 Å². The van der Waals surface area contributed by atoms with Gasteiger partial charge >= 0.3 is 6.03 Å². The van der Waals surface area contributed by atoms with Gasteiger partial charge in [-0.15, -0.1) is 0 Å². The fraction of sp³-hybridized carbons (Fsp3) is 0.522. The molecule has 4 rings (SSSR count). The number of aromatic nitrogens is 2. The van der Waals surface area contributed by atoms with Gasteiger partial charge in [-0.25, -0.2) is 19.2 Å². The number of likely N-dealkylation sites (tertiary alicyclic amines) is 1. The fourth-order valence-electron chi connectivity index (χ4n) is 4.96. The van der Waals surface area contributed by atoms with Crippen LogP contribution in [0, 0.1) is 24.6 Å². The van der Waals surface area contributed by atoms with Crippen LogP contribution in [0.2, 0.25) is 0 Å². The van der Waals surface area contributed by atoms with E-state index < -0.39 is 0 Å². The third-order valence-electron chi connectivity index (χ3n) is 6.19. The molecule has 7 heteroatoms. The Morgan fingerprint density at radius 1 is 1.20 bits per heavy atom. The van der Waals surface area contributed by atoms with Crippen molar-refractivity contribution in [3.63, 3.8) is 0 Å². The quantitative estimate of drug-likeness (QED) is 0.770. The first-order chi connectivity index (χ1) is 14.4. The molecule has 3 atom stereocenters. The van der Waals surface area contributed by atoms with E-state index in [0.717, 1.165) is 48.8 Å². The van der Waals surface area contributed by atoms with Crippen LogP contribution in [0.4, 0.5) is 15.0 Å². The minimum atomic E-state index is -0.265. The van der Waals surface area contributed by atoms with Gasteiger partial charge in [0.1, 0.15) is 17.5 Å². The van der Waals surface area contributed by atoms with E-state index in [4.69, 9.17) is 0 Å². The van der Waals surface area contributed by atoms with Crippen molar-refractivity contribution in [3.8, 4) is 0 Å². The molecule has 160 valence electrons. The summed E-state index contributed by atoms with van der Waals surface area (Å²) in [5.41, 5.74) is 1.94. The number of carbonyl (C=O) groups is 1. The summed E-state index contributed by atoms with van der Waals surface area (Å²) in [6.45, 7) is 6.40. The molecule has 0 bridgehead atoms. The fourth-order valence-corrected chi connectivity index (χ4v) is 4.96. The number of hydrogen-bond acceptors (Lipinski definition) is 4. The smallest absolute Gasteiger partial charge is 0.320 e. The molecule has 0 spiro atoms. The van der Waals surface area contributed by atoms with Crippen molar-refractivity contribution in [2.24, 2.45) is 11.8 Å². The summed E-state index contributed by atoms with van der Waals surface area (Å²) in [5.74, 6) is 2.05. The second kappa shape index (κ2) is 8.20. The maximum Gasteiger partial charge on any atom is 0.320 e. The summed E-state index contributed by atoms with van der Waals surface area (Å²) in [4.78, 5) is 28.0. The summed E-state index contributed by atoms with van der Waals surface area (Å²) >= 11 is 0. The van der Waals surface area contributed by atoms with Crippen LogP contribution in [0.25, 0.3) is 0 Å². The van der Waals surface area contributed by atoms with Crippen LogP contribution in [0.5, 0.6) is 0 Å². The minimum absolute atomic E-state index is 0.0201. The molecule has 0 unspecified atom stereocenters. The van der Waals surface area contributed by atoms with Gasteiger partial charge < -0.3 is 14.7 Å². The number of urea groups is 1. The molecule has 2 saturated heterocycles. The highest BCUT2D eigenvalue weighted by Crippen LogP contribution is 2.46. The zero-order chi connectivity index (χ0) is 21.4. The highest BCUT2D eigenvalue weighted by molar-refractivity contribution is 5.75. The Balaban J connectivity index is 1.64. The van der Waals surface area contributed by atoms with Gasteiger partial charge in [0.15, 0.2) is 0 Å². The molecule has 2 aromatic rings. The number of halogens is 1. The Bertz CT molecular complexity index is 934. The Kier molecular flexibility index (Phi) is 5.62. The highest BCUT2D eigenvalue weighted by atomic mass is 19.1. The number of nitrogens with zero attached hydrogens (tertiary/aromatic N) is 5. The molecule has 2 fully saturated rings. The Morgan fingerprint density at radius 2 is 2.00 bits per heavy atom. The van der Waals surface area contributed by atoms with E-state index in [1.165, 1.54) is 6.07 Å². The molecule has 3 heterocycles. The van der Waals surface area contributed by atoms with Crippen molar-refractivity contribution in [1.82, 2.24) is 19.8 Å². The molecule has 2 aliphatic rings. The van der Waals surface area contributed by atoms with Gasteiger partial charge in [-0.3, -0.25) is 0 Å². The predicted molar refractivity (Wildman–Crippen MR) is 115 cm³/mol. The molecule has 0 saturated carbocycles. The van der Waals surface area contributed by atoms with Gasteiger partial charge in [0.05, 0.1) is 6.04 Å². The standard InChI is InChI=1S/C23H30FN5O/c1-5-7-19-11-21(26-15(2)25-19)28-12-17-13-29(23(30)27(3)4)22(20(17)14-28)16-8-6-9-18(24)10-16/h6,8-11,17,20,22H,5,7,12-14H2,1-4H3/t17-,20-,22+/m1/s1. The molecule has 1 aromatic carbocycles. The predicted octanol–water partition coefficient (Wildman–Crippen LogP) is 3.67. The van der Waals surface area contributed by atoms with Crippen molar-refractivity contribution in [1.29, 1.82) is 0 Å². The monoisotopic (exact) mass is 411 g/mol. The van der Waals surface area contributed by atoms with Crippen LogP contribution in [0.15, 0.2) is 30.3 Å². The van der Waals surface area contributed by atoms with Crippen LogP contribution in [0.1, 0.15) is 36.5 Å². The average Bonchev–Trinajstić information content (AvgIpc) is 3.25. The summed E-state index contributed by atoms with van der Waals surface area (Å²) in [7, 11) is 3.54. The SMILES string of the molecule is CCCc1cc(N2C[C@@H]3CN(C(=O)N(C)C)[C@@H](c4cccc(F)c4)[C@@H]3C2)nc(C)n1. The van der Waals surface area contributed by atoms with Crippen LogP contribution >= 0.6 is 0 Å². The molecule has 30 heavy (non-hydrogen) atoms. The van der Waals surface area contributed by atoms with E-state index in [1.807, 2.05) is 17.9 Å². The normalized spacial score (nSPS) is 23.0. The number of fused-ring (bicyclic) bond motifs is 1. The van der Waals surface area contributed by atoms with Crippen molar-refractivity contribution >= 4 is 11.8 Å². The van der Waals surface area contributed by atoms with Gasteiger partial charge in [0.2, 0.25) is 0 Å². The third-order valence-corrected chi connectivity index (χ3v) is 6.19. The molecular formula is C23H30FN5O. The number of hydrogen-bond donors (Lipinski definition) is 0. The van der Waals surface area contributed by atoms with E-state index in [-0.39, 0.29) is 23.8 Å². The summed E-state index contributed by atoms with van der Waals surface area (Å²) in [6.07, 6.45) is 1.98. The van der Waals surface area contributed by atoms with E-state index >= 15 is 0 Å². The van der Waals surface area contributed by atoms with Crippen LogP contribution in [-0.2, 0) is 6.42 Å². The Labute approximate surface area is 177 Å². The minimum Gasteiger partial charge on any atom is -0.356 e. The zero-order valence-corrected chi connectivity index (χ0v) is 18.2. The molecule has 0 aliphatic carbocycles. The maximum atomic E-state index is 14.0. The Morgan fingerprint density at radius 3 is 2.70 bits per heavy atom. The molecule has 0 radical (unpaired) electrons. The van der Waals surface area contributed by atoms with Gasteiger partial charge in [0.25, 0.3) is 0 Å². The lowest BCUT2D eigenvalue weighted by atomic mass is 9.89. The molecular weight excluding hydrogens is 381 g/mol. The van der Waals surface area contributed by atoms with Crippen LogP contribution in [0.3, 0.4) is 0 Å². The molecule has 6 nitrogen and oxygen atoms in total. The first-order valence-corrected chi connectivity index (χ1v) is 10.7. The third kappa shape index (κ3) is 3.85. The van der Waals surface area contributed by atoms with Gasteiger partial charge in [-0.1, -0.05) is 25.5 Å². The van der Waals surface area contributed by atoms with Gasteiger partial charge in [-0.05, 0) is 31.0 Å². The number of carbonyl (C=O) groups excluding carboxylic acids is 1. The van der Waals surface area contributed by atoms with E-state index in [0.29, 0.717) is 12.5 Å². The Hall–Kier alpha value is -2.70. The first kappa shape index (κ1) is 20.6. The van der Waals surface area contributed by atoms with Crippen molar-refractivity contribution in [3.05, 3.63) is 53.2 Å². The highest BCUT2D eigenvalue weighted by Gasteiger charge is 2.49. The number of aryl methyl sites for hydroxylation is 2. The number of rotatable bonds is 4. The second-order valence-electron chi connectivity index (χ2n) is 8.67. The summed E-state index contributed by atoms with van der Waals surface area (Å²) < 4.78 is 14.0. The van der Waals surface area contributed by atoms with E-state index in [2.05, 4.69) is 27.9 Å². The number of amides is 2. The number of benzene rings is 1. The topological polar surface area (TPSA) is 52.6 Å². The van der Waals surface area contributed by atoms with E-state index in [9.17, 15) is 9.18 Å². The average molecular weight is 412 g/mol. The van der Waals surface area contributed by atoms with Crippen LogP contribution in [-0.4, -0.2) is 59.5 Å². The summed E-state index contributed by atoms with van der Waals surface area (Å²) in [6, 6.07) is 8.62. The zero-order valence-electron chi connectivity index (χ0n) is 18.2. The molecule has 0 N–H and O–H groups in total.